The quantitative estimate of drug-likeness (QED) is 0.575. The summed E-state index contributed by atoms with van der Waals surface area (Å²) in [5, 5.41) is 12.5. The van der Waals surface area contributed by atoms with E-state index in [1.807, 2.05) is 48.5 Å². The van der Waals surface area contributed by atoms with Crippen molar-refractivity contribution in [3.05, 3.63) is 71.6 Å². The first-order valence-corrected chi connectivity index (χ1v) is 10.9. The van der Waals surface area contributed by atoms with Crippen LogP contribution >= 0.6 is 0 Å². The summed E-state index contributed by atoms with van der Waals surface area (Å²) in [4.78, 5) is 30.8. The number of benzene rings is 2. The molecule has 1 aliphatic heterocycles. The number of likely N-dealkylation sites (tertiary alicyclic amines) is 1. The largest absolute Gasteiger partial charge is 0.497 e. The number of carbonyl (C=O) groups excluding carboxylic acids is 2. The molecule has 1 aliphatic rings. The number of nitrogens with zero attached hydrogens (tertiary/aromatic N) is 2. The molecule has 33 heavy (non-hydrogen) atoms. The first-order valence-electron chi connectivity index (χ1n) is 10.9. The van der Waals surface area contributed by atoms with Crippen LogP contribution in [0.3, 0.4) is 0 Å². The van der Waals surface area contributed by atoms with Gasteiger partial charge in [-0.15, -0.1) is 0 Å². The molecule has 2 heterocycles. The highest BCUT2D eigenvalue weighted by molar-refractivity contribution is 5.92. The predicted molar refractivity (Wildman–Crippen MR) is 122 cm³/mol. The van der Waals surface area contributed by atoms with Gasteiger partial charge < -0.3 is 24.5 Å². The summed E-state index contributed by atoms with van der Waals surface area (Å²) in [6.07, 6.45) is 2.48. The molecule has 172 valence electrons. The van der Waals surface area contributed by atoms with Crippen LogP contribution in [-0.4, -0.2) is 53.1 Å². The lowest BCUT2D eigenvalue weighted by atomic mass is 10.1. The molecule has 1 fully saturated rings. The van der Waals surface area contributed by atoms with Crippen LogP contribution in [0.5, 0.6) is 5.75 Å². The molecule has 8 nitrogen and oxygen atoms in total. The molecule has 0 aliphatic carbocycles. The second kappa shape index (κ2) is 10.3. The van der Waals surface area contributed by atoms with Crippen molar-refractivity contribution in [2.75, 3.05) is 20.2 Å². The number of aliphatic hydroxyl groups is 1. The Hall–Kier alpha value is -3.65. The number of ether oxygens (including phenoxy) is 1. The van der Waals surface area contributed by atoms with Crippen molar-refractivity contribution >= 4 is 11.8 Å². The molecule has 2 N–H and O–H groups in total. The van der Waals surface area contributed by atoms with Crippen LogP contribution < -0.4 is 10.1 Å². The van der Waals surface area contributed by atoms with E-state index in [2.05, 4.69) is 10.3 Å². The first kappa shape index (κ1) is 22.5. The molecule has 0 unspecified atom stereocenters. The van der Waals surface area contributed by atoms with Crippen LogP contribution in [0.2, 0.25) is 0 Å². The molecule has 0 spiro atoms. The molecule has 1 saturated heterocycles. The SMILES string of the molecule is COc1ccc(CC(=O)NCc2ccc(-c3nc(C(=O)N4CCC(O)CC4)co3)cc2)cc1. The van der Waals surface area contributed by atoms with Crippen molar-refractivity contribution in [3.8, 4) is 17.2 Å². The van der Waals surface area contributed by atoms with E-state index < -0.39 is 0 Å². The topological polar surface area (TPSA) is 105 Å². The molecule has 0 atom stereocenters. The molecule has 0 bridgehead atoms. The maximum Gasteiger partial charge on any atom is 0.275 e. The molecule has 3 aromatic rings. The highest BCUT2D eigenvalue weighted by Crippen LogP contribution is 2.21. The van der Waals surface area contributed by atoms with Gasteiger partial charge >= 0.3 is 0 Å². The standard InChI is InChI=1S/C25H27N3O5/c1-32-21-8-4-17(5-9-21)14-23(30)26-15-18-2-6-19(7-3-18)24-27-22(16-33-24)25(31)28-12-10-20(29)11-13-28/h2-9,16,20,29H,10-15H2,1H3,(H,26,30). The number of nitrogens with one attached hydrogen (secondary N) is 1. The molecule has 0 saturated carbocycles. The summed E-state index contributed by atoms with van der Waals surface area (Å²) in [5.41, 5.74) is 2.86. The summed E-state index contributed by atoms with van der Waals surface area (Å²) in [6, 6.07) is 14.9. The third-order valence-electron chi connectivity index (χ3n) is 5.69. The van der Waals surface area contributed by atoms with Gasteiger partial charge in [-0.05, 0) is 48.2 Å². The smallest absolute Gasteiger partial charge is 0.275 e. The first-order chi connectivity index (χ1) is 16.0. The normalized spacial score (nSPS) is 14.2. The van der Waals surface area contributed by atoms with E-state index in [9.17, 15) is 14.7 Å². The Morgan fingerprint density at radius 3 is 2.42 bits per heavy atom. The lowest BCUT2D eigenvalue weighted by Gasteiger charge is -2.28. The molecule has 2 aromatic carbocycles. The minimum atomic E-state index is -0.340. The monoisotopic (exact) mass is 449 g/mol. The second-order valence-corrected chi connectivity index (χ2v) is 8.06. The Bertz CT molecular complexity index is 1080. The summed E-state index contributed by atoms with van der Waals surface area (Å²) in [5.74, 6) is 0.872. The number of oxazole rings is 1. The van der Waals surface area contributed by atoms with Gasteiger partial charge in [-0.3, -0.25) is 9.59 Å². The van der Waals surface area contributed by atoms with Crippen molar-refractivity contribution < 1.29 is 23.8 Å². The molecule has 1 aromatic heterocycles. The van der Waals surface area contributed by atoms with Gasteiger partial charge in [0.15, 0.2) is 5.69 Å². The second-order valence-electron chi connectivity index (χ2n) is 8.06. The fourth-order valence-electron chi connectivity index (χ4n) is 3.69. The molecular formula is C25H27N3O5. The summed E-state index contributed by atoms with van der Waals surface area (Å²) in [6.45, 7) is 1.44. The summed E-state index contributed by atoms with van der Waals surface area (Å²) >= 11 is 0. The van der Waals surface area contributed by atoms with Gasteiger partial charge in [0.1, 0.15) is 12.0 Å². The Balaban J connectivity index is 1.30. The number of piperidine rings is 1. The van der Waals surface area contributed by atoms with Crippen molar-refractivity contribution in [1.29, 1.82) is 0 Å². The number of hydrogen-bond acceptors (Lipinski definition) is 6. The molecule has 2 amide bonds. The van der Waals surface area contributed by atoms with E-state index in [0.717, 1.165) is 22.4 Å². The molecule has 8 heteroatoms. The number of aromatic nitrogens is 1. The minimum absolute atomic E-state index is 0.0645. The third kappa shape index (κ3) is 5.78. The number of hydrogen-bond donors (Lipinski definition) is 2. The van der Waals surface area contributed by atoms with Gasteiger partial charge in [-0.2, -0.15) is 0 Å². The number of aliphatic hydroxyl groups excluding tert-OH is 1. The van der Waals surface area contributed by atoms with E-state index in [-0.39, 0.29) is 23.6 Å². The molecule has 4 rings (SSSR count). The lowest BCUT2D eigenvalue weighted by Crippen LogP contribution is -2.40. The van der Waals surface area contributed by atoms with Crippen LogP contribution in [0.1, 0.15) is 34.5 Å². The van der Waals surface area contributed by atoms with Gasteiger partial charge in [0, 0.05) is 25.2 Å². The van der Waals surface area contributed by atoms with Gasteiger partial charge in [-0.1, -0.05) is 24.3 Å². The van der Waals surface area contributed by atoms with Gasteiger partial charge in [0.05, 0.1) is 19.6 Å². The maximum atomic E-state index is 12.6. The van der Waals surface area contributed by atoms with Crippen molar-refractivity contribution in [1.82, 2.24) is 15.2 Å². The number of carbonyl (C=O) groups is 2. The van der Waals surface area contributed by atoms with E-state index in [0.29, 0.717) is 44.8 Å². The fourth-order valence-corrected chi connectivity index (χ4v) is 3.69. The maximum absolute atomic E-state index is 12.6. The third-order valence-corrected chi connectivity index (χ3v) is 5.69. The highest BCUT2D eigenvalue weighted by atomic mass is 16.5. The zero-order chi connectivity index (χ0) is 23.2. The van der Waals surface area contributed by atoms with Crippen molar-refractivity contribution in [2.45, 2.75) is 31.9 Å². The Kier molecular flexibility index (Phi) is 7.04. The van der Waals surface area contributed by atoms with E-state index >= 15 is 0 Å². The minimum Gasteiger partial charge on any atom is -0.497 e. The van der Waals surface area contributed by atoms with Crippen LogP contribution in [0.4, 0.5) is 0 Å². The lowest BCUT2D eigenvalue weighted by molar-refractivity contribution is -0.120. The highest BCUT2D eigenvalue weighted by Gasteiger charge is 2.24. The Labute approximate surface area is 192 Å². The zero-order valence-corrected chi connectivity index (χ0v) is 18.5. The predicted octanol–water partition coefficient (Wildman–Crippen LogP) is 2.81. The summed E-state index contributed by atoms with van der Waals surface area (Å²) in [7, 11) is 1.61. The van der Waals surface area contributed by atoms with Crippen LogP contribution in [0, 0.1) is 0 Å². The summed E-state index contributed by atoms with van der Waals surface area (Å²) < 4.78 is 10.6. The Morgan fingerprint density at radius 1 is 1.09 bits per heavy atom. The van der Waals surface area contributed by atoms with Crippen LogP contribution in [0.15, 0.2) is 59.2 Å². The van der Waals surface area contributed by atoms with Gasteiger partial charge in [0.2, 0.25) is 11.8 Å². The van der Waals surface area contributed by atoms with Crippen molar-refractivity contribution in [2.24, 2.45) is 0 Å². The van der Waals surface area contributed by atoms with Crippen molar-refractivity contribution in [3.63, 3.8) is 0 Å². The van der Waals surface area contributed by atoms with E-state index in [1.54, 1.807) is 12.0 Å². The average Bonchev–Trinajstić information content (AvgIpc) is 3.34. The van der Waals surface area contributed by atoms with E-state index in [1.165, 1.54) is 6.26 Å². The Morgan fingerprint density at radius 2 is 1.76 bits per heavy atom. The number of methoxy groups -OCH3 is 1. The van der Waals surface area contributed by atoms with E-state index in [4.69, 9.17) is 9.15 Å². The van der Waals surface area contributed by atoms with Gasteiger partial charge in [-0.25, -0.2) is 4.98 Å². The number of rotatable bonds is 7. The van der Waals surface area contributed by atoms with Crippen LogP contribution in [0.25, 0.3) is 11.5 Å². The fraction of sp³-hybridized carbons (Fsp3) is 0.320. The zero-order valence-electron chi connectivity index (χ0n) is 18.5. The molecular weight excluding hydrogens is 422 g/mol. The van der Waals surface area contributed by atoms with Gasteiger partial charge in [0.25, 0.3) is 5.91 Å². The average molecular weight is 450 g/mol. The molecule has 0 radical (unpaired) electrons. The van der Waals surface area contributed by atoms with Crippen LogP contribution in [-0.2, 0) is 17.8 Å². The number of amides is 2.